The first-order valence-electron chi connectivity index (χ1n) is 7.96. The molecule has 0 aliphatic carbocycles. The molecule has 3 aromatic rings. The number of hydrogen-bond donors (Lipinski definition) is 4. The molecule has 0 saturated carbocycles. The molecule has 0 aromatic carbocycles. The number of aliphatic carboxylic acids is 2. The SMILES string of the molecule is Cc1[nH]cnc1CCC(=O)c1c[nH]c2ncccc12.O=C(O)/C=C\C(=O)O. The number of aromatic nitrogens is 4. The molecule has 0 atom stereocenters. The second-order valence-electron chi connectivity index (χ2n) is 5.51. The lowest BCUT2D eigenvalue weighted by Crippen LogP contribution is -2.01. The van der Waals surface area contributed by atoms with E-state index in [1.165, 1.54) is 0 Å². The van der Waals surface area contributed by atoms with Crippen LogP contribution in [-0.2, 0) is 16.0 Å². The Morgan fingerprint density at radius 1 is 1.11 bits per heavy atom. The van der Waals surface area contributed by atoms with E-state index < -0.39 is 11.9 Å². The predicted octanol–water partition coefficient (Wildman–Crippen LogP) is 2.12. The Morgan fingerprint density at radius 2 is 1.81 bits per heavy atom. The first-order valence-corrected chi connectivity index (χ1v) is 7.96. The van der Waals surface area contributed by atoms with Gasteiger partial charge in [0, 0.05) is 47.6 Å². The number of ketones is 1. The molecule has 0 bridgehead atoms. The van der Waals surface area contributed by atoms with Crippen LogP contribution in [0, 0.1) is 6.92 Å². The lowest BCUT2D eigenvalue weighted by Gasteiger charge is -1.99. The van der Waals surface area contributed by atoms with Gasteiger partial charge < -0.3 is 20.2 Å². The number of carboxylic acid groups (broad SMARTS) is 2. The normalized spacial score (nSPS) is 10.6. The van der Waals surface area contributed by atoms with Gasteiger partial charge in [-0.3, -0.25) is 4.79 Å². The molecule has 0 aliphatic heterocycles. The van der Waals surface area contributed by atoms with Crippen molar-refractivity contribution in [1.29, 1.82) is 0 Å². The standard InChI is InChI=1S/C14H14N4O.C4H4O4/c1-9-12(18-8-17-9)4-5-13(19)11-7-16-14-10(11)3-2-6-15-14;5-3(6)1-2-4(7)8/h2-3,6-8H,4-5H2,1H3,(H,15,16)(H,17,18);1-2H,(H,5,6)(H,7,8)/b;2-1-. The second kappa shape index (κ2) is 9.09. The van der Waals surface area contributed by atoms with Crippen LogP contribution in [0.5, 0.6) is 0 Å². The highest BCUT2D eigenvalue weighted by Crippen LogP contribution is 2.18. The Labute approximate surface area is 153 Å². The average Bonchev–Trinajstić information content (AvgIpc) is 3.24. The number of Topliss-reactive ketones (excluding diaryl/α,β-unsaturated/α-hetero) is 1. The topological polar surface area (TPSA) is 149 Å². The predicted molar refractivity (Wildman–Crippen MR) is 96.5 cm³/mol. The molecular weight excluding hydrogens is 352 g/mol. The number of hydrogen-bond acceptors (Lipinski definition) is 5. The Kier molecular flexibility index (Phi) is 6.59. The quantitative estimate of drug-likeness (QED) is 0.383. The summed E-state index contributed by atoms with van der Waals surface area (Å²) >= 11 is 0. The zero-order chi connectivity index (χ0) is 19.8. The van der Waals surface area contributed by atoms with E-state index >= 15 is 0 Å². The summed E-state index contributed by atoms with van der Waals surface area (Å²) in [6, 6.07) is 3.75. The highest BCUT2D eigenvalue weighted by Gasteiger charge is 2.13. The summed E-state index contributed by atoms with van der Waals surface area (Å²) in [5.41, 5.74) is 3.43. The zero-order valence-electron chi connectivity index (χ0n) is 14.5. The van der Waals surface area contributed by atoms with Crippen molar-refractivity contribution >= 4 is 28.8 Å². The van der Waals surface area contributed by atoms with E-state index in [9.17, 15) is 14.4 Å². The van der Waals surface area contributed by atoms with Crippen LogP contribution in [0.15, 0.2) is 43.0 Å². The number of pyridine rings is 1. The molecular formula is C18H18N4O5. The van der Waals surface area contributed by atoms with Crippen LogP contribution in [0.25, 0.3) is 11.0 Å². The number of nitrogens with zero attached hydrogens (tertiary/aromatic N) is 2. The highest BCUT2D eigenvalue weighted by molar-refractivity contribution is 6.07. The summed E-state index contributed by atoms with van der Waals surface area (Å²) in [4.78, 5) is 45.8. The van der Waals surface area contributed by atoms with E-state index in [2.05, 4.69) is 19.9 Å². The number of aromatic amines is 2. The van der Waals surface area contributed by atoms with Crippen LogP contribution in [0.2, 0.25) is 0 Å². The van der Waals surface area contributed by atoms with Gasteiger partial charge >= 0.3 is 11.9 Å². The Bertz CT molecular complexity index is 970. The van der Waals surface area contributed by atoms with E-state index in [0.29, 0.717) is 30.6 Å². The van der Waals surface area contributed by atoms with Crippen LogP contribution in [-0.4, -0.2) is 47.9 Å². The number of H-pyrrole nitrogens is 2. The van der Waals surface area contributed by atoms with Crippen molar-refractivity contribution in [3.63, 3.8) is 0 Å². The van der Waals surface area contributed by atoms with Crippen molar-refractivity contribution < 1.29 is 24.6 Å². The molecule has 0 amide bonds. The van der Waals surface area contributed by atoms with Crippen molar-refractivity contribution in [1.82, 2.24) is 19.9 Å². The molecule has 4 N–H and O–H groups in total. The fraction of sp³-hybridized carbons (Fsp3) is 0.167. The van der Waals surface area contributed by atoms with Gasteiger partial charge in [0.25, 0.3) is 0 Å². The summed E-state index contributed by atoms with van der Waals surface area (Å²) in [7, 11) is 0. The van der Waals surface area contributed by atoms with Crippen LogP contribution >= 0.6 is 0 Å². The third-order valence-corrected chi connectivity index (χ3v) is 3.64. The molecule has 27 heavy (non-hydrogen) atoms. The fourth-order valence-electron chi connectivity index (χ4n) is 2.34. The number of rotatable bonds is 6. The summed E-state index contributed by atoms with van der Waals surface area (Å²) in [6.07, 6.45) is 7.32. The van der Waals surface area contributed by atoms with Gasteiger partial charge in [-0.1, -0.05) is 0 Å². The number of carbonyl (C=O) groups is 3. The van der Waals surface area contributed by atoms with Crippen LogP contribution in [0.3, 0.4) is 0 Å². The van der Waals surface area contributed by atoms with Crippen LogP contribution in [0.1, 0.15) is 28.2 Å². The number of nitrogens with one attached hydrogen (secondary N) is 2. The number of imidazole rings is 1. The van der Waals surface area contributed by atoms with Gasteiger partial charge in [-0.25, -0.2) is 19.6 Å². The van der Waals surface area contributed by atoms with Crippen molar-refractivity contribution in [3.8, 4) is 0 Å². The molecule has 3 rings (SSSR count). The molecule has 0 fully saturated rings. The summed E-state index contributed by atoms with van der Waals surface area (Å²) in [5.74, 6) is -2.40. The van der Waals surface area contributed by atoms with Gasteiger partial charge in [0.15, 0.2) is 5.78 Å². The van der Waals surface area contributed by atoms with E-state index in [4.69, 9.17) is 10.2 Å². The lowest BCUT2D eigenvalue weighted by molar-refractivity contribution is -0.134. The zero-order valence-corrected chi connectivity index (χ0v) is 14.5. The van der Waals surface area contributed by atoms with Crippen LogP contribution in [0.4, 0.5) is 0 Å². The third kappa shape index (κ3) is 5.63. The molecule has 0 saturated heterocycles. The van der Waals surface area contributed by atoms with Gasteiger partial charge in [0.05, 0.1) is 12.0 Å². The summed E-state index contributed by atoms with van der Waals surface area (Å²) in [5, 5.41) is 16.5. The van der Waals surface area contributed by atoms with Crippen LogP contribution < -0.4 is 0 Å². The maximum absolute atomic E-state index is 12.2. The Hall–Kier alpha value is -3.75. The minimum absolute atomic E-state index is 0.113. The molecule has 3 aromatic heterocycles. The van der Waals surface area contributed by atoms with Crippen molar-refractivity contribution in [2.24, 2.45) is 0 Å². The summed E-state index contributed by atoms with van der Waals surface area (Å²) < 4.78 is 0. The molecule has 0 aliphatic rings. The Balaban J connectivity index is 0.000000279. The third-order valence-electron chi connectivity index (χ3n) is 3.64. The minimum Gasteiger partial charge on any atom is -0.478 e. The minimum atomic E-state index is -1.26. The van der Waals surface area contributed by atoms with Gasteiger partial charge in [0.1, 0.15) is 5.65 Å². The van der Waals surface area contributed by atoms with E-state index in [1.807, 2.05) is 19.1 Å². The van der Waals surface area contributed by atoms with E-state index in [1.54, 1.807) is 18.7 Å². The highest BCUT2D eigenvalue weighted by atomic mass is 16.4. The van der Waals surface area contributed by atoms with Gasteiger partial charge in [-0.05, 0) is 25.5 Å². The van der Waals surface area contributed by atoms with Gasteiger partial charge in [-0.2, -0.15) is 0 Å². The molecule has 9 heteroatoms. The van der Waals surface area contributed by atoms with Crippen molar-refractivity contribution in [2.75, 3.05) is 0 Å². The molecule has 140 valence electrons. The fourth-order valence-corrected chi connectivity index (χ4v) is 2.34. The molecule has 0 unspecified atom stereocenters. The monoisotopic (exact) mass is 370 g/mol. The summed E-state index contributed by atoms with van der Waals surface area (Å²) in [6.45, 7) is 1.96. The molecule has 3 heterocycles. The first-order chi connectivity index (χ1) is 12.9. The van der Waals surface area contributed by atoms with Crippen molar-refractivity contribution in [2.45, 2.75) is 19.8 Å². The maximum atomic E-state index is 12.2. The molecule has 9 nitrogen and oxygen atoms in total. The average molecular weight is 370 g/mol. The number of carbonyl (C=O) groups excluding carboxylic acids is 1. The largest absolute Gasteiger partial charge is 0.478 e. The van der Waals surface area contributed by atoms with E-state index in [-0.39, 0.29) is 5.78 Å². The lowest BCUT2D eigenvalue weighted by atomic mass is 10.1. The number of carboxylic acids is 2. The molecule has 0 spiro atoms. The maximum Gasteiger partial charge on any atom is 0.328 e. The number of fused-ring (bicyclic) bond motifs is 1. The van der Waals surface area contributed by atoms with E-state index in [0.717, 1.165) is 22.4 Å². The van der Waals surface area contributed by atoms with Crippen molar-refractivity contribution in [3.05, 3.63) is 60.0 Å². The number of aryl methyl sites for hydroxylation is 2. The van der Waals surface area contributed by atoms with Gasteiger partial charge in [0.2, 0.25) is 0 Å². The smallest absolute Gasteiger partial charge is 0.328 e. The first kappa shape index (κ1) is 19.6. The molecule has 0 radical (unpaired) electrons. The second-order valence-corrected chi connectivity index (χ2v) is 5.51. The van der Waals surface area contributed by atoms with Gasteiger partial charge in [-0.15, -0.1) is 0 Å². The Morgan fingerprint density at radius 3 is 2.41 bits per heavy atom.